The molecule has 1 aromatic carbocycles. The third-order valence-corrected chi connectivity index (χ3v) is 6.38. The van der Waals surface area contributed by atoms with Gasteiger partial charge in [0.05, 0.1) is 32.5 Å². The summed E-state index contributed by atoms with van der Waals surface area (Å²) in [6.45, 7) is 4.11. The van der Waals surface area contributed by atoms with Crippen molar-refractivity contribution in [2.24, 2.45) is 9.98 Å². The fourth-order valence-corrected chi connectivity index (χ4v) is 4.22. The summed E-state index contributed by atoms with van der Waals surface area (Å²) in [6.07, 6.45) is 6.40. The van der Waals surface area contributed by atoms with Gasteiger partial charge in [0.15, 0.2) is 17.3 Å². The quantitative estimate of drug-likeness (QED) is 0.622. The molecule has 1 atom stereocenters. The zero-order valence-corrected chi connectivity index (χ0v) is 19.7. The van der Waals surface area contributed by atoms with E-state index in [0.29, 0.717) is 55.9 Å². The van der Waals surface area contributed by atoms with E-state index in [2.05, 4.69) is 4.99 Å². The highest BCUT2D eigenvalue weighted by molar-refractivity contribution is 6.02. The Balaban J connectivity index is 1.56. The van der Waals surface area contributed by atoms with Gasteiger partial charge in [0.2, 0.25) is 12.7 Å². The van der Waals surface area contributed by atoms with Crippen LogP contribution in [0, 0.1) is 0 Å². The molecule has 34 heavy (non-hydrogen) atoms. The second kappa shape index (κ2) is 9.47. The summed E-state index contributed by atoms with van der Waals surface area (Å²) >= 11 is 0. The van der Waals surface area contributed by atoms with E-state index >= 15 is 0 Å². The first kappa shape index (κ1) is 22.4. The van der Waals surface area contributed by atoms with Crippen LogP contribution in [-0.4, -0.2) is 86.0 Å². The molecule has 0 saturated heterocycles. The number of ether oxygens (including phenoxy) is 4. The summed E-state index contributed by atoms with van der Waals surface area (Å²) in [7, 11) is 3.56. The Morgan fingerprint density at radius 3 is 2.94 bits per heavy atom. The van der Waals surface area contributed by atoms with Gasteiger partial charge in [0.1, 0.15) is 24.8 Å². The van der Waals surface area contributed by atoms with E-state index in [1.54, 1.807) is 7.11 Å². The van der Waals surface area contributed by atoms with Gasteiger partial charge in [0.25, 0.3) is 0 Å². The molecule has 2 bridgehead atoms. The highest BCUT2D eigenvalue weighted by atomic mass is 16.7. The van der Waals surface area contributed by atoms with Crippen LogP contribution in [0.15, 0.2) is 46.0 Å². The van der Waals surface area contributed by atoms with Crippen molar-refractivity contribution >= 4 is 23.5 Å². The van der Waals surface area contributed by atoms with Crippen LogP contribution in [0.1, 0.15) is 18.9 Å². The maximum Gasteiger partial charge on any atom is 0.231 e. The number of hydrogen-bond donors (Lipinski definition) is 0. The summed E-state index contributed by atoms with van der Waals surface area (Å²) in [5.74, 6) is 2.80. The molecule has 0 N–H and O–H groups in total. The van der Waals surface area contributed by atoms with Crippen LogP contribution in [0.2, 0.25) is 0 Å². The molecule has 0 spiro atoms. The van der Waals surface area contributed by atoms with E-state index in [0.717, 1.165) is 17.0 Å². The topological polar surface area (TPSA) is 88.4 Å². The maximum absolute atomic E-state index is 12.6. The average molecular weight is 468 g/mol. The Labute approximate surface area is 198 Å². The summed E-state index contributed by atoms with van der Waals surface area (Å²) in [5, 5.41) is 0. The number of nitrogens with zero attached hydrogens (tertiary/aromatic N) is 5. The minimum absolute atomic E-state index is 0.0449. The molecular weight excluding hydrogens is 438 g/mol. The van der Waals surface area contributed by atoms with Crippen molar-refractivity contribution < 1.29 is 23.7 Å². The van der Waals surface area contributed by atoms with Gasteiger partial charge in [-0.05, 0) is 20.0 Å². The largest absolute Gasteiger partial charge is 0.481 e. The number of benzene rings is 1. The van der Waals surface area contributed by atoms with Crippen LogP contribution in [-0.2, 0) is 20.8 Å². The van der Waals surface area contributed by atoms with Gasteiger partial charge in [0, 0.05) is 36.5 Å². The van der Waals surface area contributed by atoms with Crippen molar-refractivity contribution in [3.63, 3.8) is 0 Å². The Kier molecular flexibility index (Phi) is 6.25. The maximum atomic E-state index is 12.6. The predicted octanol–water partition coefficient (Wildman–Crippen LogP) is 2.24. The molecule has 0 radical (unpaired) electrons. The lowest BCUT2D eigenvalue weighted by Gasteiger charge is -2.30. The molecule has 0 aliphatic carbocycles. The monoisotopic (exact) mass is 467 g/mol. The number of aliphatic imine (C=N–C) groups is 2. The van der Waals surface area contributed by atoms with Crippen molar-refractivity contribution in [2.75, 3.05) is 47.4 Å². The number of hydrogen-bond acceptors (Lipinski definition) is 10. The van der Waals surface area contributed by atoms with E-state index < -0.39 is 0 Å². The number of carbonyl (C=O) groups is 1. The Morgan fingerprint density at radius 2 is 2.09 bits per heavy atom. The second-order valence-corrected chi connectivity index (χ2v) is 8.56. The number of methoxy groups -OCH3 is 1. The molecule has 10 heteroatoms. The molecule has 10 nitrogen and oxygen atoms in total. The predicted molar refractivity (Wildman–Crippen MR) is 126 cm³/mol. The number of rotatable bonds is 1. The molecule has 0 fully saturated rings. The zero-order chi connectivity index (χ0) is 23.7. The molecule has 1 unspecified atom stereocenters. The first-order chi connectivity index (χ1) is 16.5. The summed E-state index contributed by atoms with van der Waals surface area (Å²) in [6, 6.07) is 3.61. The number of fused-ring (bicyclic) bond motifs is 7. The minimum atomic E-state index is -0.256. The molecular formula is C24H29N5O5. The lowest BCUT2D eigenvalue weighted by molar-refractivity contribution is -0.127. The van der Waals surface area contributed by atoms with E-state index in [1.165, 1.54) is 0 Å². The molecule has 4 heterocycles. The van der Waals surface area contributed by atoms with Crippen molar-refractivity contribution in [3.05, 3.63) is 41.6 Å². The summed E-state index contributed by atoms with van der Waals surface area (Å²) in [5.41, 5.74) is 2.60. The van der Waals surface area contributed by atoms with Crippen LogP contribution in [0.3, 0.4) is 0 Å². The van der Waals surface area contributed by atoms with Gasteiger partial charge < -0.3 is 23.8 Å². The van der Waals surface area contributed by atoms with Crippen LogP contribution in [0.4, 0.5) is 5.69 Å². The SMILES string of the molecule is COC1=CN2C=C3CCOCC(=O)C(C)N(C)CC=NCc4ccc5c(c4N=C3N1C2)OCO5. The van der Waals surface area contributed by atoms with Crippen molar-refractivity contribution in [1.82, 2.24) is 14.7 Å². The van der Waals surface area contributed by atoms with E-state index in [4.69, 9.17) is 23.9 Å². The van der Waals surface area contributed by atoms with Gasteiger partial charge in [-0.1, -0.05) is 6.07 Å². The number of Topliss-reactive ketones (excluding diaryl/α,β-unsaturated/α-hetero) is 1. The second-order valence-electron chi connectivity index (χ2n) is 8.56. The molecule has 5 rings (SSSR count). The zero-order valence-electron chi connectivity index (χ0n) is 19.7. The van der Waals surface area contributed by atoms with Gasteiger partial charge in [-0.25, -0.2) is 4.99 Å². The Hall–Kier alpha value is -3.37. The highest BCUT2D eigenvalue weighted by Gasteiger charge is 2.33. The van der Waals surface area contributed by atoms with E-state index in [1.807, 2.05) is 59.4 Å². The molecule has 4 aliphatic rings. The van der Waals surface area contributed by atoms with Crippen LogP contribution in [0.5, 0.6) is 11.5 Å². The third kappa shape index (κ3) is 4.26. The molecule has 4 aliphatic heterocycles. The molecule has 0 aromatic heterocycles. The van der Waals surface area contributed by atoms with E-state index in [-0.39, 0.29) is 25.2 Å². The number of ketones is 1. The van der Waals surface area contributed by atoms with Gasteiger partial charge in [-0.2, -0.15) is 0 Å². The third-order valence-electron chi connectivity index (χ3n) is 6.38. The average Bonchev–Trinajstić information content (AvgIpc) is 3.45. The highest BCUT2D eigenvalue weighted by Crippen LogP contribution is 2.44. The smallest absolute Gasteiger partial charge is 0.231 e. The van der Waals surface area contributed by atoms with Crippen molar-refractivity contribution in [2.45, 2.75) is 25.9 Å². The molecule has 0 amide bonds. The first-order valence-electron chi connectivity index (χ1n) is 11.3. The van der Waals surface area contributed by atoms with Crippen LogP contribution in [0.25, 0.3) is 0 Å². The summed E-state index contributed by atoms with van der Waals surface area (Å²) < 4.78 is 22.8. The standard InChI is InChI=1S/C24H29N5O5/c1-16-19(30)13-32-9-6-18-11-28-12-21(31-3)29(14-28)24(18)26-22-17(10-25-7-8-27(16)2)4-5-20-23(22)34-15-33-20/h4-5,7,11-12,16H,6,8-10,13-15H2,1-3H3. The normalized spacial score (nSPS) is 23.2. The lowest BCUT2D eigenvalue weighted by Crippen LogP contribution is -2.39. The summed E-state index contributed by atoms with van der Waals surface area (Å²) in [4.78, 5) is 28.3. The fraction of sp³-hybridized carbons (Fsp3) is 0.458. The van der Waals surface area contributed by atoms with Crippen molar-refractivity contribution in [1.29, 1.82) is 0 Å². The number of likely N-dealkylation sites (N-methyl/N-ethyl adjacent to an activating group) is 1. The van der Waals surface area contributed by atoms with Gasteiger partial charge >= 0.3 is 0 Å². The number of amidine groups is 1. The van der Waals surface area contributed by atoms with Gasteiger partial charge in [-0.15, -0.1) is 0 Å². The molecule has 1 aromatic rings. The van der Waals surface area contributed by atoms with Crippen LogP contribution < -0.4 is 9.47 Å². The van der Waals surface area contributed by atoms with Crippen LogP contribution >= 0.6 is 0 Å². The fourth-order valence-electron chi connectivity index (χ4n) is 4.22. The van der Waals surface area contributed by atoms with E-state index in [9.17, 15) is 4.79 Å². The Morgan fingerprint density at radius 1 is 1.21 bits per heavy atom. The Bertz CT molecular complexity index is 1100. The minimum Gasteiger partial charge on any atom is -0.481 e. The number of carbonyl (C=O) groups excluding carboxylic acids is 1. The lowest BCUT2D eigenvalue weighted by atomic mass is 10.1. The first-order valence-corrected chi connectivity index (χ1v) is 11.3. The van der Waals surface area contributed by atoms with Gasteiger partial charge in [-0.3, -0.25) is 19.6 Å². The molecule has 0 saturated carbocycles. The van der Waals surface area contributed by atoms with Crippen molar-refractivity contribution in [3.8, 4) is 11.5 Å². The molecule has 180 valence electrons.